The number of benzene rings is 2. The third-order valence-corrected chi connectivity index (χ3v) is 5.53. The first-order chi connectivity index (χ1) is 13.0. The zero-order valence-corrected chi connectivity index (χ0v) is 16.0. The Kier molecular flexibility index (Phi) is 5.91. The van der Waals surface area contributed by atoms with Gasteiger partial charge in [0.25, 0.3) is 5.91 Å². The standard InChI is InChI=1S/C20H21NO5S/c1-13-9-10-21(16-5-3-4-6-18(16)27-13)19(23)12-26-20(24)15-8-7-14(25-2)11-17(15)22/h3-8,11,13,22H,9-10,12H2,1-2H3/t13-/m0/s1. The number of para-hydroxylation sites is 1. The first-order valence-electron chi connectivity index (χ1n) is 8.59. The molecule has 1 aliphatic heterocycles. The molecule has 2 aromatic carbocycles. The van der Waals surface area contributed by atoms with Crippen LogP contribution in [0.25, 0.3) is 0 Å². The predicted molar refractivity (Wildman–Crippen MR) is 104 cm³/mol. The molecular weight excluding hydrogens is 366 g/mol. The number of carbonyl (C=O) groups is 2. The molecule has 0 aliphatic carbocycles. The molecule has 1 aliphatic rings. The average molecular weight is 387 g/mol. The van der Waals surface area contributed by atoms with Crippen molar-refractivity contribution in [3.8, 4) is 11.5 Å². The van der Waals surface area contributed by atoms with Crippen molar-refractivity contribution in [2.45, 2.75) is 23.5 Å². The number of anilines is 1. The van der Waals surface area contributed by atoms with Gasteiger partial charge in [0.1, 0.15) is 17.1 Å². The van der Waals surface area contributed by atoms with Gasteiger partial charge in [-0.3, -0.25) is 4.79 Å². The van der Waals surface area contributed by atoms with Crippen LogP contribution in [0.5, 0.6) is 11.5 Å². The lowest BCUT2D eigenvalue weighted by atomic mass is 10.2. The van der Waals surface area contributed by atoms with Crippen molar-refractivity contribution in [3.63, 3.8) is 0 Å². The Bertz CT molecular complexity index is 854. The first kappa shape index (κ1) is 19.1. The first-order valence-corrected chi connectivity index (χ1v) is 9.47. The van der Waals surface area contributed by atoms with Gasteiger partial charge in [-0.1, -0.05) is 19.1 Å². The van der Waals surface area contributed by atoms with Crippen molar-refractivity contribution >= 4 is 29.3 Å². The fourth-order valence-electron chi connectivity index (χ4n) is 2.84. The topological polar surface area (TPSA) is 76.1 Å². The summed E-state index contributed by atoms with van der Waals surface area (Å²) in [6.45, 7) is 2.30. The SMILES string of the molecule is COc1ccc(C(=O)OCC(=O)N2CC[C@H](C)Sc3ccccc32)c(O)c1. The molecule has 0 saturated carbocycles. The number of thioether (sulfide) groups is 1. The lowest BCUT2D eigenvalue weighted by Gasteiger charge is -2.22. The van der Waals surface area contributed by atoms with Gasteiger partial charge in [-0.2, -0.15) is 0 Å². The summed E-state index contributed by atoms with van der Waals surface area (Å²) in [5, 5.41) is 10.3. The average Bonchev–Trinajstić information content (AvgIpc) is 2.83. The minimum Gasteiger partial charge on any atom is -0.507 e. The third kappa shape index (κ3) is 4.36. The van der Waals surface area contributed by atoms with Gasteiger partial charge >= 0.3 is 5.97 Å². The molecule has 0 aromatic heterocycles. The summed E-state index contributed by atoms with van der Waals surface area (Å²) in [7, 11) is 1.46. The molecule has 7 heteroatoms. The summed E-state index contributed by atoms with van der Waals surface area (Å²) < 4.78 is 10.1. The van der Waals surface area contributed by atoms with Gasteiger partial charge in [-0.25, -0.2) is 4.79 Å². The van der Waals surface area contributed by atoms with E-state index < -0.39 is 12.6 Å². The number of fused-ring (bicyclic) bond motifs is 1. The highest BCUT2D eigenvalue weighted by Crippen LogP contribution is 2.37. The second-order valence-corrected chi connectivity index (χ2v) is 7.67. The zero-order chi connectivity index (χ0) is 19.4. The smallest absolute Gasteiger partial charge is 0.342 e. The quantitative estimate of drug-likeness (QED) is 0.810. The molecule has 1 atom stereocenters. The molecule has 0 spiro atoms. The number of hydrogen-bond donors (Lipinski definition) is 1. The third-order valence-electron chi connectivity index (χ3n) is 4.30. The molecule has 0 bridgehead atoms. The van der Waals surface area contributed by atoms with Crippen molar-refractivity contribution in [3.05, 3.63) is 48.0 Å². The largest absolute Gasteiger partial charge is 0.507 e. The number of ether oxygens (including phenoxy) is 2. The highest BCUT2D eigenvalue weighted by Gasteiger charge is 2.25. The second-order valence-electron chi connectivity index (χ2n) is 6.19. The van der Waals surface area contributed by atoms with Gasteiger partial charge in [0.15, 0.2) is 6.61 Å². The summed E-state index contributed by atoms with van der Waals surface area (Å²) >= 11 is 1.73. The summed E-state index contributed by atoms with van der Waals surface area (Å²) in [4.78, 5) is 27.6. The minimum absolute atomic E-state index is 0.0101. The maximum atomic E-state index is 12.7. The normalized spacial score (nSPS) is 16.2. The monoisotopic (exact) mass is 387 g/mol. The van der Waals surface area contributed by atoms with Crippen LogP contribution in [0.1, 0.15) is 23.7 Å². The Labute approximate surface area is 162 Å². The van der Waals surface area contributed by atoms with E-state index >= 15 is 0 Å². The molecule has 27 heavy (non-hydrogen) atoms. The maximum absolute atomic E-state index is 12.7. The number of rotatable bonds is 4. The summed E-state index contributed by atoms with van der Waals surface area (Å²) in [5.41, 5.74) is 0.823. The number of amides is 1. The molecule has 3 rings (SSSR count). The molecule has 6 nitrogen and oxygen atoms in total. The molecule has 0 unspecified atom stereocenters. The molecule has 1 N–H and O–H groups in total. The highest BCUT2D eigenvalue weighted by molar-refractivity contribution is 8.00. The van der Waals surface area contributed by atoms with Gasteiger partial charge in [0.2, 0.25) is 0 Å². The minimum atomic E-state index is -0.755. The van der Waals surface area contributed by atoms with E-state index in [1.807, 2.05) is 24.3 Å². The van der Waals surface area contributed by atoms with Crippen molar-refractivity contribution in [2.24, 2.45) is 0 Å². The van der Waals surface area contributed by atoms with Crippen LogP contribution < -0.4 is 9.64 Å². The van der Waals surface area contributed by atoms with Crippen molar-refractivity contribution in [1.82, 2.24) is 0 Å². The van der Waals surface area contributed by atoms with Gasteiger partial charge < -0.3 is 19.5 Å². The van der Waals surface area contributed by atoms with E-state index in [0.29, 0.717) is 17.5 Å². The van der Waals surface area contributed by atoms with Crippen LogP contribution in [0.4, 0.5) is 5.69 Å². The number of hydrogen-bond acceptors (Lipinski definition) is 6. The van der Waals surface area contributed by atoms with Gasteiger partial charge in [-0.15, -0.1) is 11.8 Å². The summed E-state index contributed by atoms with van der Waals surface area (Å²) in [6, 6.07) is 12.0. The lowest BCUT2D eigenvalue weighted by molar-refractivity contribution is -0.121. The highest BCUT2D eigenvalue weighted by atomic mass is 32.2. The van der Waals surface area contributed by atoms with Crippen LogP contribution in [0.15, 0.2) is 47.4 Å². The second kappa shape index (κ2) is 8.35. The number of methoxy groups -OCH3 is 1. The van der Waals surface area contributed by atoms with Crippen molar-refractivity contribution in [1.29, 1.82) is 0 Å². The Morgan fingerprint density at radius 2 is 2.04 bits per heavy atom. The van der Waals surface area contributed by atoms with E-state index in [1.165, 1.54) is 19.2 Å². The number of phenolic OH excluding ortho intramolecular Hbond substituents is 1. The van der Waals surface area contributed by atoms with E-state index in [-0.39, 0.29) is 17.2 Å². The number of nitrogens with zero attached hydrogens (tertiary/aromatic N) is 1. The number of aromatic hydroxyl groups is 1. The number of carbonyl (C=O) groups excluding carboxylic acids is 2. The van der Waals surface area contributed by atoms with Crippen LogP contribution in [0, 0.1) is 0 Å². The van der Waals surface area contributed by atoms with Crippen molar-refractivity contribution < 1.29 is 24.2 Å². The fraction of sp³-hybridized carbons (Fsp3) is 0.300. The van der Waals surface area contributed by atoms with Gasteiger partial charge in [0, 0.05) is 22.8 Å². The summed E-state index contributed by atoms with van der Waals surface area (Å²) in [6.07, 6.45) is 0.846. The Hall–Kier alpha value is -2.67. The van der Waals surface area contributed by atoms with Crippen LogP contribution in [0.3, 0.4) is 0 Å². The molecule has 1 heterocycles. The van der Waals surface area contributed by atoms with Crippen LogP contribution in [0.2, 0.25) is 0 Å². The van der Waals surface area contributed by atoms with Crippen LogP contribution >= 0.6 is 11.8 Å². The number of esters is 1. The maximum Gasteiger partial charge on any atom is 0.342 e. The van der Waals surface area contributed by atoms with Gasteiger partial charge in [-0.05, 0) is 30.7 Å². The Morgan fingerprint density at radius 3 is 2.78 bits per heavy atom. The molecule has 1 amide bonds. The van der Waals surface area contributed by atoms with Crippen molar-refractivity contribution in [2.75, 3.05) is 25.2 Å². The molecule has 2 aromatic rings. The van der Waals surface area contributed by atoms with Crippen LogP contribution in [-0.4, -0.2) is 42.5 Å². The molecule has 0 saturated heterocycles. The van der Waals surface area contributed by atoms with E-state index in [1.54, 1.807) is 22.7 Å². The predicted octanol–water partition coefficient (Wildman–Crippen LogP) is 3.48. The Morgan fingerprint density at radius 1 is 1.26 bits per heavy atom. The van der Waals surface area contributed by atoms with E-state index in [0.717, 1.165) is 17.0 Å². The van der Waals surface area contributed by atoms with E-state index in [4.69, 9.17) is 9.47 Å². The van der Waals surface area contributed by atoms with E-state index in [2.05, 4.69) is 6.92 Å². The molecular formula is C20H21NO5S. The fourth-order valence-corrected chi connectivity index (χ4v) is 3.95. The molecule has 0 radical (unpaired) electrons. The van der Waals surface area contributed by atoms with Gasteiger partial charge in [0.05, 0.1) is 12.8 Å². The van der Waals surface area contributed by atoms with E-state index in [9.17, 15) is 14.7 Å². The zero-order valence-electron chi connectivity index (χ0n) is 15.2. The molecule has 142 valence electrons. The number of phenols is 1. The summed E-state index contributed by atoms with van der Waals surface area (Å²) in [5.74, 6) is -0.877. The van der Waals surface area contributed by atoms with Crippen LogP contribution in [-0.2, 0) is 9.53 Å². The Balaban J connectivity index is 1.70. The lowest BCUT2D eigenvalue weighted by Crippen LogP contribution is -2.35. The molecule has 0 fully saturated rings.